The summed E-state index contributed by atoms with van der Waals surface area (Å²) < 4.78 is 5.41. The average Bonchev–Trinajstić information content (AvgIpc) is 2.41. The summed E-state index contributed by atoms with van der Waals surface area (Å²) in [4.78, 5) is 14.0. The van der Waals surface area contributed by atoms with Gasteiger partial charge in [-0.2, -0.15) is 11.8 Å². The van der Waals surface area contributed by atoms with Crippen LogP contribution in [0, 0.1) is 0 Å². The standard InChI is InChI=1S/C15H21NO2S/c1-11-10-19-7-6-16(11)9-14-8-13(12(2)17)4-5-15(14)18-3/h4-5,8,11H,6-7,9-10H2,1-3H3. The number of methoxy groups -OCH3 is 1. The van der Waals surface area contributed by atoms with Crippen LogP contribution in [-0.2, 0) is 6.54 Å². The molecule has 0 N–H and O–H groups in total. The molecule has 0 aromatic heterocycles. The molecule has 3 nitrogen and oxygen atoms in total. The molecule has 1 aromatic rings. The number of ketones is 1. The molecule has 1 aliphatic rings. The molecule has 1 heterocycles. The van der Waals surface area contributed by atoms with E-state index in [1.807, 2.05) is 30.0 Å². The minimum Gasteiger partial charge on any atom is -0.496 e. The molecule has 4 heteroatoms. The predicted molar refractivity (Wildman–Crippen MR) is 80.2 cm³/mol. The average molecular weight is 279 g/mol. The van der Waals surface area contributed by atoms with Gasteiger partial charge in [-0.25, -0.2) is 0 Å². The fraction of sp³-hybridized carbons (Fsp3) is 0.533. The Hall–Kier alpha value is -1.00. The van der Waals surface area contributed by atoms with Crippen LogP contribution in [0.25, 0.3) is 0 Å². The van der Waals surface area contributed by atoms with E-state index in [4.69, 9.17) is 4.74 Å². The number of thioether (sulfide) groups is 1. The Kier molecular flexibility index (Phi) is 4.88. The van der Waals surface area contributed by atoms with Gasteiger partial charge in [0, 0.05) is 41.8 Å². The van der Waals surface area contributed by atoms with Crippen molar-refractivity contribution in [2.75, 3.05) is 25.2 Å². The molecule has 1 aromatic carbocycles. The van der Waals surface area contributed by atoms with Gasteiger partial charge >= 0.3 is 0 Å². The molecule has 0 radical (unpaired) electrons. The number of Topliss-reactive ketones (excluding diaryl/α,β-unsaturated/α-hetero) is 1. The van der Waals surface area contributed by atoms with E-state index >= 15 is 0 Å². The second-order valence-electron chi connectivity index (χ2n) is 4.98. The summed E-state index contributed by atoms with van der Waals surface area (Å²) in [6, 6.07) is 6.27. The second-order valence-corrected chi connectivity index (χ2v) is 6.13. The first-order valence-electron chi connectivity index (χ1n) is 6.61. The molecule has 104 valence electrons. The van der Waals surface area contributed by atoms with E-state index < -0.39 is 0 Å². The Morgan fingerprint density at radius 1 is 1.53 bits per heavy atom. The Balaban J connectivity index is 2.21. The van der Waals surface area contributed by atoms with Crippen molar-refractivity contribution in [3.63, 3.8) is 0 Å². The van der Waals surface area contributed by atoms with Crippen LogP contribution in [0.3, 0.4) is 0 Å². The zero-order valence-corrected chi connectivity index (χ0v) is 12.6. The van der Waals surface area contributed by atoms with Gasteiger partial charge < -0.3 is 4.74 Å². The van der Waals surface area contributed by atoms with Crippen molar-refractivity contribution < 1.29 is 9.53 Å². The lowest BCUT2D eigenvalue weighted by Gasteiger charge is -2.33. The van der Waals surface area contributed by atoms with Crippen LogP contribution in [0.5, 0.6) is 5.75 Å². The fourth-order valence-electron chi connectivity index (χ4n) is 2.34. The molecule has 19 heavy (non-hydrogen) atoms. The minimum absolute atomic E-state index is 0.103. The molecule has 1 unspecified atom stereocenters. The highest BCUT2D eigenvalue weighted by Crippen LogP contribution is 2.25. The van der Waals surface area contributed by atoms with Crippen LogP contribution in [0.15, 0.2) is 18.2 Å². The lowest BCUT2D eigenvalue weighted by molar-refractivity contribution is 0.101. The first-order valence-corrected chi connectivity index (χ1v) is 7.77. The summed E-state index contributed by atoms with van der Waals surface area (Å²) in [5.74, 6) is 3.33. The molecule has 1 atom stereocenters. The smallest absolute Gasteiger partial charge is 0.159 e. The van der Waals surface area contributed by atoms with Gasteiger partial charge in [0.1, 0.15) is 5.75 Å². The SMILES string of the molecule is COc1ccc(C(C)=O)cc1CN1CCSCC1C. The normalized spacial score (nSPS) is 20.3. The van der Waals surface area contributed by atoms with Crippen molar-refractivity contribution >= 4 is 17.5 Å². The first-order chi connectivity index (χ1) is 9.11. The van der Waals surface area contributed by atoms with Gasteiger partial charge in [0.05, 0.1) is 7.11 Å². The highest BCUT2D eigenvalue weighted by Gasteiger charge is 2.20. The van der Waals surface area contributed by atoms with E-state index in [-0.39, 0.29) is 5.78 Å². The molecule has 0 bridgehead atoms. The van der Waals surface area contributed by atoms with Crippen molar-refractivity contribution in [3.8, 4) is 5.75 Å². The Morgan fingerprint density at radius 2 is 2.32 bits per heavy atom. The number of benzene rings is 1. The van der Waals surface area contributed by atoms with E-state index in [1.54, 1.807) is 14.0 Å². The number of ether oxygens (including phenoxy) is 1. The van der Waals surface area contributed by atoms with Gasteiger partial charge in [0.2, 0.25) is 0 Å². The van der Waals surface area contributed by atoms with Crippen molar-refractivity contribution in [2.45, 2.75) is 26.4 Å². The van der Waals surface area contributed by atoms with Crippen molar-refractivity contribution in [1.29, 1.82) is 0 Å². The van der Waals surface area contributed by atoms with Crippen molar-refractivity contribution in [1.82, 2.24) is 4.90 Å². The quantitative estimate of drug-likeness (QED) is 0.793. The molecular weight excluding hydrogens is 258 g/mol. The molecule has 0 saturated carbocycles. The zero-order chi connectivity index (χ0) is 13.8. The van der Waals surface area contributed by atoms with E-state index in [2.05, 4.69) is 11.8 Å². The highest BCUT2D eigenvalue weighted by molar-refractivity contribution is 7.99. The summed E-state index contributed by atoms with van der Waals surface area (Å²) in [5.41, 5.74) is 1.86. The molecule has 1 aliphatic heterocycles. The molecule has 0 spiro atoms. The monoisotopic (exact) mass is 279 g/mol. The van der Waals surface area contributed by atoms with Crippen LogP contribution >= 0.6 is 11.8 Å². The molecule has 1 saturated heterocycles. The van der Waals surface area contributed by atoms with Crippen molar-refractivity contribution in [2.24, 2.45) is 0 Å². The molecule has 1 fully saturated rings. The highest BCUT2D eigenvalue weighted by atomic mass is 32.2. The van der Waals surface area contributed by atoms with E-state index in [0.29, 0.717) is 6.04 Å². The minimum atomic E-state index is 0.103. The molecule has 2 rings (SSSR count). The summed E-state index contributed by atoms with van der Waals surface area (Å²) in [7, 11) is 1.68. The van der Waals surface area contributed by atoms with Crippen LogP contribution in [0.4, 0.5) is 0 Å². The maximum absolute atomic E-state index is 11.5. The number of hydrogen-bond donors (Lipinski definition) is 0. The fourth-order valence-corrected chi connectivity index (χ4v) is 3.42. The molecule has 0 aliphatic carbocycles. The predicted octanol–water partition coefficient (Wildman–Crippen LogP) is 2.84. The Labute approximate surface area is 119 Å². The Bertz CT molecular complexity index is 461. The third-order valence-corrected chi connectivity index (χ3v) is 4.75. The van der Waals surface area contributed by atoms with Crippen molar-refractivity contribution in [3.05, 3.63) is 29.3 Å². The maximum atomic E-state index is 11.5. The van der Waals surface area contributed by atoms with Crippen LogP contribution in [0.1, 0.15) is 29.8 Å². The lowest BCUT2D eigenvalue weighted by Crippen LogP contribution is -2.39. The van der Waals surface area contributed by atoms with E-state index in [0.717, 1.165) is 30.0 Å². The largest absolute Gasteiger partial charge is 0.496 e. The number of rotatable bonds is 4. The number of hydrogen-bond acceptors (Lipinski definition) is 4. The van der Waals surface area contributed by atoms with E-state index in [9.17, 15) is 4.79 Å². The third-order valence-electron chi connectivity index (χ3n) is 3.57. The Morgan fingerprint density at radius 3 is 2.95 bits per heavy atom. The topological polar surface area (TPSA) is 29.5 Å². The second kappa shape index (κ2) is 6.44. The summed E-state index contributed by atoms with van der Waals surface area (Å²) in [5, 5.41) is 0. The van der Waals surface area contributed by atoms with Crippen LogP contribution < -0.4 is 4.74 Å². The summed E-state index contributed by atoms with van der Waals surface area (Å²) >= 11 is 2.01. The van der Waals surface area contributed by atoms with Gasteiger partial charge in [-0.05, 0) is 32.0 Å². The number of carbonyl (C=O) groups excluding carboxylic acids is 1. The molecule has 0 amide bonds. The maximum Gasteiger partial charge on any atom is 0.159 e. The van der Waals surface area contributed by atoms with Gasteiger partial charge in [-0.3, -0.25) is 9.69 Å². The van der Waals surface area contributed by atoms with E-state index in [1.165, 1.54) is 11.5 Å². The molecular formula is C15H21NO2S. The zero-order valence-electron chi connectivity index (χ0n) is 11.8. The van der Waals surface area contributed by atoms with Gasteiger partial charge in [-0.15, -0.1) is 0 Å². The van der Waals surface area contributed by atoms with Gasteiger partial charge in [0.25, 0.3) is 0 Å². The lowest BCUT2D eigenvalue weighted by atomic mass is 10.1. The van der Waals surface area contributed by atoms with Crippen LogP contribution in [-0.4, -0.2) is 41.9 Å². The third kappa shape index (κ3) is 3.51. The number of carbonyl (C=O) groups is 1. The van der Waals surface area contributed by atoms with Gasteiger partial charge in [-0.1, -0.05) is 0 Å². The number of nitrogens with zero attached hydrogens (tertiary/aromatic N) is 1. The van der Waals surface area contributed by atoms with Crippen LogP contribution in [0.2, 0.25) is 0 Å². The first kappa shape index (κ1) is 14.4. The van der Waals surface area contributed by atoms with Gasteiger partial charge in [0.15, 0.2) is 5.78 Å². The summed E-state index contributed by atoms with van der Waals surface area (Å²) in [6.07, 6.45) is 0. The summed E-state index contributed by atoms with van der Waals surface area (Å²) in [6.45, 7) is 5.81.